The fourth-order valence-electron chi connectivity index (χ4n) is 3.38. The number of hydrogen-bond acceptors (Lipinski definition) is 2. The first kappa shape index (κ1) is 16.3. The second-order valence-electron chi connectivity index (χ2n) is 6.41. The maximum Gasteiger partial charge on any atom is 0.315 e. The number of aromatic amines is 1. The first-order valence-electron chi connectivity index (χ1n) is 8.36. The van der Waals surface area contributed by atoms with Crippen molar-refractivity contribution >= 4 is 6.03 Å². The highest BCUT2D eigenvalue weighted by Gasteiger charge is 2.21. The molecule has 0 aliphatic heterocycles. The van der Waals surface area contributed by atoms with Gasteiger partial charge >= 0.3 is 6.03 Å². The average molecular weight is 325 g/mol. The molecule has 1 atom stereocenters. The molecule has 0 radical (unpaired) electrons. The van der Waals surface area contributed by atoms with Crippen LogP contribution in [0.15, 0.2) is 35.1 Å². The molecule has 0 saturated carbocycles. The zero-order chi connectivity index (χ0) is 17.1. The first-order valence-corrected chi connectivity index (χ1v) is 8.36. The Bertz CT molecular complexity index is 810. The summed E-state index contributed by atoms with van der Waals surface area (Å²) in [7, 11) is 0. The maximum absolute atomic E-state index is 12.2. The number of aromatic nitrogens is 1. The van der Waals surface area contributed by atoms with Crippen LogP contribution in [-0.2, 0) is 13.0 Å². The van der Waals surface area contributed by atoms with Crippen LogP contribution in [0.5, 0.6) is 0 Å². The van der Waals surface area contributed by atoms with Gasteiger partial charge in [-0.15, -0.1) is 0 Å². The normalized spacial score (nSPS) is 16.3. The summed E-state index contributed by atoms with van der Waals surface area (Å²) in [4.78, 5) is 27.0. The van der Waals surface area contributed by atoms with Crippen molar-refractivity contribution < 1.29 is 4.79 Å². The number of rotatable bonds is 3. The Morgan fingerprint density at radius 1 is 1.29 bits per heavy atom. The van der Waals surface area contributed by atoms with Gasteiger partial charge in [0.05, 0.1) is 12.6 Å². The summed E-state index contributed by atoms with van der Waals surface area (Å²) < 4.78 is 0. The Labute approximate surface area is 141 Å². The standard InChI is InChI=1S/C19H23N3O2/c1-12-10-13(2)21-18(23)16(12)11-20-19(24)22-17-9-5-7-14-6-3-4-8-15(14)17/h3-4,6,8,10,17H,5,7,9,11H2,1-2H3,(H,21,23)(H2,20,22,24)/t17-/m0/s1. The highest BCUT2D eigenvalue weighted by molar-refractivity contribution is 5.74. The van der Waals surface area contributed by atoms with E-state index in [2.05, 4.69) is 27.8 Å². The molecule has 0 saturated heterocycles. The summed E-state index contributed by atoms with van der Waals surface area (Å²) in [6.45, 7) is 3.95. The topological polar surface area (TPSA) is 74.0 Å². The van der Waals surface area contributed by atoms with Crippen molar-refractivity contribution in [3.05, 3.63) is 68.6 Å². The van der Waals surface area contributed by atoms with Gasteiger partial charge in [0, 0.05) is 11.3 Å². The number of benzene rings is 1. The van der Waals surface area contributed by atoms with E-state index < -0.39 is 0 Å². The first-order chi connectivity index (χ1) is 11.5. The van der Waals surface area contributed by atoms with E-state index in [1.165, 1.54) is 11.1 Å². The molecule has 126 valence electrons. The number of carbonyl (C=O) groups is 1. The van der Waals surface area contributed by atoms with Gasteiger partial charge in [-0.2, -0.15) is 0 Å². The van der Waals surface area contributed by atoms with Gasteiger partial charge in [0.1, 0.15) is 0 Å². The van der Waals surface area contributed by atoms with Gasteiger partial charge in [0.15, 0.2) is 0 Å². The molecular formula is C19H23N3O2. The van der Waals surface area contributed by atoms with E-state index >= 15 is 0 Å². The zero-order valence-electron chi connectivity index (χ0n) is 14.1. The molecule has 0 unspecified atom stereocenters. The van der Waals surface area contributed by atoms with Crippen LogP contribution in [-0.4, -0.2) is 11.0 Å². The van der Waals surface area contributed by atoms with E-state index in [-0.39, 0.29) is 24.2 Å². The van der Waals surface area contributed by atoms with Crippen LogP contribution in [0.25, 0.3) is 0 Å². The molecule has 24 heavy (non-hydrogen) atoms. The van der Waals surface area contributed by atoms with Crippen molar-refractivity contribution in [3.8, 4) is 0 Å². The molecule has 1 aliphatic rings. The number of nitrogens with one attached hydrogen (secondary N) is 3. The molecule has 1 aromatic carbocycles. The second kappa shape index (κ2) is 6.91. The SMILES string of the molecule is Cc1cc(C)c(CNC(=O)N[C@H]2CCCc3ccccc32)c(=O)[nH]1. The molecule has 0 fully saturated rings. The highest BCUT2D eigenvalue weighted by atomic mass is 16.2. The predicted octanol–water partition coefficient (Wildman–Crippen LogP) is 2.87. The van der Waals surface area contributed by atoms with Gasteiger partial charge in [-0.25, -0.2) is 4.79 Å². The van der Waals surface area contributed by atoms with Gasteiger partial charge < -0.3 is 15.6 Å². The third kappa shape index (κ3) is 3.50. The number of amides is 2. The van der Waals surface area contributed by atoms with Crippen molar-refractivity contribution in [3.63, 3.8) is 0 Å². The van der Waals surface area contributed by atoms with Crippen molar-refractivity contribution in [1.29, 1.82) is 0 Å². The third-order valence-corrected chi connectivity index (χ3v) is 4.59. The Morgan fingerprint density at radius 2 is 2.08 bits per heavy atom. The molecule has 1 aromatic heterocycles. The summed E-state index contributed by atoms with van der Waals surface area (Å²) in [6, 6.07) is 9.95. The van der Waals surface area contributed by atoms with Crippen LogP contribution in [0.4, 0.5) is 4.79 Å². The summed E-state index contributed by atoms with van der Waals surface area (Å²) in [6.07, 6.45) is 3.07. The minimum atomic E-state index is -0.240. The molecule has 3 N–H and O–H groups in total. The predicted molar refractivity (Wildman–Crippen MR) is 94.0 cm³/mol. The molecule has 5 heteroatoms. The molecular weight excluding hydrogens is 302 g/mol. The molecule has 2 amide bonds. The lowest BCUT2D eigenvalue weighted by Gasteiger charge is -2.26. The lowest BCUT2D eigenvalue weighted by Crippen LogP contribution is -2.39. The minimum absolute atomic E-state index is 0.0346. The van der Waals surface area contributed by atoms with E-state index in [4.69, 9.17) is 0 Å². The van der Waals surface area contributed by atoms with E-state index in [9.17, 15) is 9.59 Å². The van der Waals surface area contributed by atoms with Crippen molar-refractivity contribution in [2.45, 2.75) is 45.7 Å². The number of urea groups is 1. The van der Waals surface area contributed by atoms with E-state index in [1.807, 2.05) is 32.0 Å². The zero-order valence-corrected chi connectivity index (χ0v) is 14.1. The van der Waals surface area contributed by atoms with Crippen molar-refractivity contribution in [2.24, 2.45) is 0 Å². The van der Waals surface area contributed by atoms with Crippen molar-refractivity contribution in [2.75, 3.05) is 0 Å². The van der Waals surface area contributed by atoms with Gasteiger partial charge in [-0.3, -0.25) is 4.79 Å². The van der Waals surface area contributed by atoms with Crippen LogP contribution in [0.3, 0.4) is 0 Å². The summed E-state index contributed by atoms with van der Waals surface area (Å²) in [5.74, 6) is 0. The Morgan fingerprint density at radius 3 is 2.88 bits per heavy atom. The van der Waals surface area contributed by atoms with Crippen LogP contribution >= 0.6 is 0 Å². The molecule has 3 rings (SSSR count). The molecule has 1 heterocycles. The van der Waals surface area contributed by atoms with Crippen LogP contribution < -0.4 is 16.2 Å². The largest absolute Gasteiger partial charge is 0.334 e. The van der Waals surface area contributed by atoms with Crippen LogP contribution in [0.1, 0.15) is 46.8 Å². The van der Waals surface area contributed by atoms with E-state index in [0.29, 0.717) is 5.56 Å². The second-order valence-corrected chi connectivity index (χ2v) is 6.41. The summed E-state index contributed by atoms with van der Waals surface area (Å²) in [5.41, 5.74) is 4.67. The quantitative estimate of drug-likeness (QED) is 0.812. The van der Waals surface area contributed by atoms with Gasteiger partial charge in [-0.05, 0) is 55.9 Å². The Balaban J connectivity index is 1.64. The molecule has 5 nitrogen and oxygen atoms in total. The van der Waals surface area contributed by atoms with E-state index in [0.717, 1.165) is 30.5 Å². The number of fused-ring (bicyclic) bond motifs is 1. The molecule has 2 aromatic rings. The molecule has 1 aliphatic carbocycles. The summed E-state index contributed by atoms with van der Waals surface area (Å²) in [5, 5.41) is 5.84. The Kier molecular flexibility index (Phi) is 4.69. The Hall–Kier alpha value is -2.56. The summed E-state index contributed by atoms with van der Waals surface area (Å²) >= 11 is 0. The van der Waals surface area contributed by atoms with Crippen LogP contribution in [0.2, 0.25) is 0 Å². The lowest BCUT2D eigenvalue weighted by molar-refractivity contribution is 0.235. The smallest absolute Gasteiger partial charge is 0.315 e. The minimum Gasteiger partial charge on any atom is -0.334 e. The third-order valence-electron chi connectivity index (χ3n) is 4.59. The molecule has 0 bridgehead atoms. The number of pyridine rings is 1. The monoisotopic (exact) mass is 325 g/mol. The van der Waals surface area contributed by atoms with Crippen LogP contribution in [0, 0.1) is 13.8 Å². The van der Waals surface area contributed by atoms with E-state index in [1.54, 1.807) is 0 Å². The molecule has 0 spiro atoms. The maximum atomic E-state index is 12.2. The number of H-pyrrole nitrogens is 1. The number of carbonyl (C=O) groups excluding carboxylic acids is 1. The van der Waals surface area contributed by atoms with Gasteiger partial charge in [-0.1, -0.05) is 24.3 Å². The number of hydrogen-bond donors (Lipinski definition) is 3. The number of aryl methyl sites for hydroxylation is 3. The fraction of sp³-hybridized carbons (Fsp3) is 0.368. The van der Waals surface area contributed by atoms with Crippen molar-refractivity contribution in [1.82, 2.24) is 15.6 Å². The highest BCUT2D eigenvalue weighted by Crippen LogP contribution is 2.29. The lowest BCUT2D eigenvalue weighted by atomic mass is 9.88. The van der Waals surface area contributed by atoms with Gasteiger partial charge in [0.25, 0.3) is 5.56 Å². The fourth-order valence-corrected chi connectivity index (χ4v) is 3.38. The van der Waals surface area contributed by atoms with Gasteiger partial charge in [0.2, 0.25) is 0 Å². The average Bonchev–Trinajstić information content (AvgIpc) is 2.54.